The Morgan fingerprint density at radius 2 is 1.64 bits per heavy atom. The fraction of sp³-hybridized carbons (Fsp3) is 0.133. The van der Waals surface area contributed by atoms with Gasteiger partial charge in [0.05, 0.1) is 17.1 Å². The summed E-state index contributed by atoms with van der Waals surface area (Å²) in [6.07, 6.45) is -4.74. The largest absolute Gasteiger partial charge is 0.419 e. The zero-order valence-electron chi connectivity index (χ0n) is 11.2. The number of halogens is 5. The van der Waals surface area contributed by atoms with E-state index in [-0.39, 0.29) is 17.3 Å². The van der Waals surface area contributed by atoms with Crippen LogP contribution in [0, 0.1) is 5.82 Å². The molecule has 2 nitrogen and oxygen atoms in total. The van der Waals surface area contributed by atoms with Crippen LogP contribution in [0.15, 0.2) is 47.5 Å². The van der Waals surface area contributed by atoms with E-state index in [1.165, 1.54) is 6.07 Å². The van der Waals surface area contributed by atoms with E-state index in [0.29, 0.717) is 11.3 Å². The first-order valence-electron chi connectivity index (χ1n) is 6.17. The average molecular weight is 331 g/mol. The van der Waals surface area contributed by atoms with Crippen LogP contribution in [0.2, 0.25) is 0 Å². The molecule has 0 aromatic heterocycles. The van der Waals surface area contributed by atoms with Crippen molar-refractivity contribution in [3.63, 3.8) is 0 Å². The molecule has 0 saturated heterocycles. The third-order valence-electron chi connectivity index (χ3n) is 2.88. The molecule has 0 heterocycles. The number of hydrogen-bond acceptors (Lipinski definition) is 1. The van der Waals surface area contributed by atoms with Crippen LogP contribution in [-0.4, -0.2) is 11.7 Å². The summed E-state index contributed by atoms with van der Waals surface area (Å²) in [4.78, 5) is 4.01. The maximum absolute atomic E-state index is 13.3. The van der Waals surface area contributed by atoms with Crippen molar-refractivity contribution in [2.24, 2.45) is 10.7 Å². The van der Waals surface area contributed by atoms with Gasteiger partial charge < -0.3 is 5.73 Å². The van der Waals surface area contributed by atoms with E-state index in [0.717, 1.165) is 12.1 Å². The van der Waals surface area contributed by atoms with Crippen molar-refractivity contribution in [2.45, 2.75) is 6.18 Å². The highest BCUT2D eigenvalue weighted by Crippen LogP contribution is 2.34. The van der Waals surface area contributed by atoms with Crippen molar-refractivity contribution in [2.75, 3.05) is 5.88 Å². The molecule has 0 aliphatic rings. The van der Waals surface area contributed by atoms with Gasteiger partial charge in [0, 0.05) is 0 Å². The van der Waals surface area contributed by atoms with E-state index >= 15 is 0 Å². The lowest BCUT2D eigenvalue weighted by molar-refractivity contribution is -0.139. The summed E-state index contributed by atoms with van der Waals surface area (Å²) in [5.41, 5.74) is 5.49. The third kappa shape index (κ3) is 3.76. The lowest BCUT2D eigenvalue weighted by atomic mass is 10.0. The first kappa shape index (κ1) is 16.3. The van der Waals surface area contributed by atoms with Crippen LogP contribution in [0.3, 0.4) is 0 Å². The first-order valence-corrected chi connectivity index (χ1v) is 6.71. The molecule has 22 heavy (non-hydrogen) atoms. The summed E-state index contributed by atoms with van der Waals surface area (Å²) in [7, 11) is 0. The number of amidine groups is 1. The second-order valence-corrected chi connectivity index (χ2v) is 4.74. The Labute approximate surface area is 129 Å². The second kappa shape index (κ2) is 6.36. The van der Waals surface area contributed by atoms with Crippen LogP contribution < -0.4 is 5.73 Å². The smallest absolute Gasteiger partial charge is 0.386 e. The number of nitrogens with two attached hydrogens (primary N) is 1. The number of benzene rings is 2. The van der Waals surface area contributed by atoms with Crippen molar-refractivity contribution in [1.82, 2.24) is 0 Å². The lowest BCUT2D eigenvalue weighted by Gasteiger charge is -2.10. The van der Waals surface area contributed by atoms with Gasteiger partial charge in [-0.15, -0.1) is 11.6 Å². The highest BCUT2D eigenvalue weighted by Gasteiger charge is 2.34. The molecule has 0 spiro atoms. The van der Waals surface area contributed by atoms with Crippen LogP contribution in [0.25, 0.3) is 11.1 Å². The Bertz CT molecular complexity index is 694. The Kier molecular flexibility index (Phi) is 4.71. The fourth-order valence-corrected chi connectivity index (χ4v) is 1.91. The summed E-state index contributed by atoms with van der Waals surface area (Å²) in [6.45, 7) is 0. The molecule has 0 radical (unpaired) electrons. The molecule has 2 aromatic carbocycles. The highest BCUT2D eigenvalue weighted by atomic mass is 35.5. The van der Waals surface area contributed by atoms with Crippen molar-refractivity contribution in [3.05, 3.63) is 53.8 Å². The highest BCUT2D eigenvalue weighted by molar-refractivity contribution is 6.28. The summed E-state index contributed by atoms with van der Waals surface area (Å²) in [5, 5.41) is 0. The van der Waals surface area contributed by atoms with Gasteiger partial charge in [0.25, 0.3) is 0 Å². The molecule has 116 valence electrons. The number of aliphatic imine (C=N–C) groups is 1. The van der Waals surface area contributed by atoms with Crippen molar-refractivity contribution < 1.29 is 17.6 Å². The number of alkyl halides is 4. The van der Waals surface area contributed by atoms with E-state index in [1.54, 1.807) is 24.3 Å². The summed E-state index contributed by atoms with van der Waals surface area (Å²) in [6, 6.07) is 9.20. The van der Waals surface area contributed by atoms with E-state index in [1.807, 2.05) is 0 Å². The molecule has 7 heteroatoms. The van der Waals surface area contributed by atoms with Crippen LogP contribution in [0.4, 0.5) is 23.2 Å². The predicted octanol–water partition coefficient (Wildman–Crippen LogP) is 4.74. The minimum absolute atomic E-state index is 0.0780. The van der Waals surface area contributed by atoms with Crippen LogP contribution in [0.1, 0.15) is 5.56 Å². The molecule has 0 aliphatic heterocycles. The molecule has 0 amide bonds. The van der Waals surface area contributed by atoms with Gasteiger partial charge in [0.15, 0.2) is 0 Å². The van der Waals surface area contributed by atoms with E-state index < -0.39 is 17.6 Å². The normalized spacial score (nSPS) is 12.5. The molecular weight excluding hydrogens is 320 g/mol. The number of nitrogens with zero attached hydrogens (tertiary/aromatic N) is 1. The summed E-state index contributed by atoms with van der Waals surface area (Å²) < 4.78 is 51.4. The quantitative estimate of drug-likeness (QED) is 0.375. The molecule has 0 aliphatic carbocycles. The zero-order valence-corrected chi connectivity index (χ0v) is 11.9. The van der Waals surface area contributed by atoms with Gasteiger partial charge in [-0.2, -0.15) is 13.2 Å². The van der Waals surface area contributed by atoms with Gasteiger partial charge in [0.2, 0.25) is 0 Å². The van der Waals surface area contributed by atoms with Gasteiger partial charge in [-0.05, 0) is 35.4 Å². The first-order chi connectivity index (χ1) is 10.3. The molecule has 0 bridgehead atoms. The minimum atomic E-state index is -4.74. The summed E-state index contributed by atoms with van der Waals surface area (Å²) in [5.74, 6) is -0.989. The maximum Gasteiger partial charge on any atom is 0.419 e. The van der Waals surface area contributed by atoms with Gasteiger partial charge in [-0.1, -0.05) is 18.2 Å². The molecular formula is C15H11ClF4N2. The monoisotopic (exact) mass is 330 g/mol. The van der Waals surface area contributed by atoms with Crippen LogP contribution in [-0.2, 0) is 6.18 Å². The Balaban J connectivity index is 2.37. The van der Waals surface area contributed by atoms with E-state index in [9.17, 15) is 17.6 Å². The SMILES string of the molecule is NC(CCl)=Nc1ccc(-c2ccc(F)c(C(F)(F)F)c2)cc1. The zero-order chi connectivity index (χ0) is 16.3. The van der Waals surface area contributed by atoms with Crippen LogP contribution >= 0.6 is 11.6 Å². The van der Waals surface area contributed by atoms with Gasteiger partial charge in [-0.3, -0.25) is 0 Å². The molecule has 2 aromatic rings. The maximum atomic E-state index is 13.3. The third-order valence-corrected chi connectivity index (χ3v) is 3.16. The van der Waals surface area contributed by atoms with Crippen molar-refractivity contribution in [1.29, 1.82) is 0 Å². The van der Waals surface area contributed by atoms with Gasteiger partial charge >= 0.3 is 6.18 Å². The Hall–Kier alpha value is -2.08. The van der Waals surface area contributed by atoms with Crippen molar-refractivity contribution >= 4 is 23.1 Å². The minimum Gasteiger partial charge on any atom is -0.386 e. The number of rotatable bonds is 3. The second-order valence-electron chi connectivity index (χ2n) is 4.48. The van der Waals surface area contributed by atoms with E-state index in [4.69, 9.17) is 17.3 Å². The molecule has 0 fully saturated rings. The average Bonchev–Trinajstić information content (AvgIpc) is 2.47. The van der Waals surface area contributed by atoms with Gasteiger partial charge in [-0.25, -0.2) is 9.38 Å². The predicted molar refractivity (Wildman–Crippen MR) is 78.8 cm³/mol. The molecule has 0 atom stereocenters. The Morgan fingerprint density at radius 1 is 1.05 bits per heavy atom. The van der Waals surface area contributed by atoms with Gasteiger partial charge in [0.1, 0.15) is 11.7 Å². The van der Waals surface area contributed by atoms with Crippen LogP contribution in [0.5, 0.6) is 0 Å². The molecule has 0 unspecified atom stereocenters. The lowest BCUT2D eigenvalue weighted by Crippen LogP contribution is -2.12. The molecule has 0 saturated carbocycles. The summed E-state index contributed by atoms with van der Waals surface area (Å²) >= 11 is 5.51. The van der Waals surface area contributed by atoms with Crippen molar-refractivity contribution in [3.8, 4) is 11.1 Å². The Morgan fingerprint density at radius 3 is 2.18 bits per heavy atom. The standard InChI is InChI=1S/C15H11ClF4N2/c16-8-14(21)22-11-4-1-9(2-5-11)10-3-6-13(17)12(7-10)15(18,19)20/h1-7H,8H2,(H2,21,22). The van der Waals surface area contributed by atoms with E-state index in [2.05, 4.69) is 4.99 Å². The topological polar surface area (TPSA) is 38.4 Å². The number of hydrogen-bond donors (Lipinski definition) is 1. The molecule has 2 N–H and O–H groups in total. The fourth-order valence-electron chi connectivity index (χ4n) is 1.85. The molecule has 2 rings (SSSR count).